The Morgan fingerprint density at radius 2 is 2.22 bits per heavy atom. The molecule has 5 nitrogen and oxygen atoms in total. The smallest absolute Gasteiger partial charge is 0.313 e. The highest BCUT2D eigenvalue weighted by molar-refractivity contribution is 8.00. The highest BCUT2D eigenvalue weighted by atomic mass is 32.2. The Hall–Kier alpha value is -2.08. The molecule has 0 saturated heterocycles. The van der Waals surface area contributed by atoms with Crippen LogP contribution in [0.2, 0.25) is 0 Å². The first-order chi connectivity index (χ1) is 8.75. The van der Waals surface area contributed by atoms with Crippen molar-refractivity contribution in [2.75, 3.05) is 11.1 Å². The molecule has 0 aliphatic rings. The van der Waals surface area contributed by atoms with Crippen LogP contribution < -0.4 is 5.32 Å². The molecule has 0 radical (unpaired) electrons. The summed E-state index contributed by atoms with van der Waals surface area (Å²) in [5.74, 6) is -0.135. The van der Waals surface area contributed by atoms with Crippen molar-refractivity contribution in [2.24, 2.45) is 0 Å². The molecule has 18 heavy (non-hydrogen) atoms. The monoisotopic (exact) mass is 261 g/mol. The topological polar surface area (TPSA) is 75.1 Å². The number of hydrogen-bond acceptors (Lipinski definition) is 5. The molecule has 2 aromatic heterocycles. The van der Waals surface area contributed by atoms with Crippen LogP contribution in [0.25, 0.3) is 0 Å². The first-order valence-corrected chi connectivity index (χ1v) is 6.21. The highest BCUT2D eigenvalue weighted by Crippen LogP contribution is 2.27. The number of rotatable bonds is 5. The zero-order valence-electron chi connectivity index (χ0n) is 9.41. The fourth-order valence-electron chi connectivity index (χ4n) is 1.32. The summed E-state index contributed by atoms with van der Waals surface area (Å²) < 4.78 is 0. The summed E-state index contributed by atoms with van der Waals surface area (Å²) >= 11 is 1.24. The van der Waals surface area contributed by atoms with Gasteiger partial charge in [0, 0.05) is 17.3 Å². The van der Waals surface area contributed by atoms with Crippen molar-refractivity contribution < 1.29 is 9.90 Å². The molecule has 0 aliphatic heterocycles. The molecule has 92 valence electrons. The van der Waals surface area contributed by atoms with E-state index in [1.54, 1.807) is 24.7 Å². The van der Waals surface area contributed by atoms with E-state index >= 15 is 0 Å². The Kier molecular flexibility index (Phi) is 4.14. The second kappa shape index (κ2) is 6.02. The van der Waals surface area contributed by atoms with Gasteiger partial charge >= 0.3 is 5.97 Å². The molecule has 0 saturated carbocycles. The van der Waals surface area contributed by atoms with Gasteiger partial charge in [0.1, 0.15) is 5.82 Å². The predicted octanol–water partition coefficient (Wildman–Crippen LogP) is 2.40. The molecule has 0 unspecified atom stereocenters. The van der Waals surface area contributed by atoms with Crippen LogP contribution in [0, 0.1) is 0 Å². The van der Waals surface area contributed by atoms with Crippen molar-refractivity contribution in [2.45, 2.75) is 4.90 Å². The summed E-state index contributed by atoms with van der Waals surface area (Å²) in [5, 5.41) is 11.8. The van der Waals surface area contributed by atoms with E-state index in [9.17, 15) is 4.79 Å². The summed E-state index contributed by atoms with van der Waals surface area (Å²) in [5.41, 5.74) is 0.752. The van der Waals surface area contributed by atoms with E-state index in [0.29, 0.717) is 5.82 Å². The maximum absolute atomic E-state index is 10.6. The summed E-state index contributed by atoms with van der Waals surface area (Å²) in [4.78, 5) is 19.6. The average molecular weight is 261 g/mol. The average Bonchev–Trinajstić information content (AvgIpc) is 2.39. The van der Waals surface area contributed by atoms with Crippen molar-refractivity contribution in [3.8, 4) is 0 Å². The number of nitrogens with zero attached hydrogens (tertiary/aromatic N) is 2. The van der Waals surface area contributed by atoms with Gasteiger partial charge in [0.05, 0.1) is 17.6 Å². The van der Waals surface area contributed by atoms with Gasteiger partial charge in [0.2, 0.25) is 0 Å². The quantitative estimate of drug-likeness (QED) is 0.805. The molecule has 2 N–H and O–H groups in total. The summed E-state index contributed by atoms with van der Waals surface area (Å²) in [7, 11) is 0. The van der Waals surface area contributed by atoms with Gasteiger partial charge in [-0.3, -0.25) is 9.78 Å². The van der Waals surface area contributed by atoms with Crippen molar-refractivity contribution >= 4 is 29.2 Å². The first kappa shape index (κ1) is 12.4. The van der Waals surface area contributed by atoms with E-state index in [2.05, 4.69) is 15.3 Å². The first-order valence-electron chi connectivity index (χ1n) is 5.22. The molecule has 0 aromatic carbocycles. The largest absolute Gasteiger partial charge is 0.481 e. The summed E-state index contributed by atoms with van der Waals surface area (Å²) in [6.45, 7) is 0. The number of carboxylic acid groups (broad SMARTS) is 1. The van der Waals surface area contributed by atoms with Crippen LogP contribution in [0.1, 0.15) is 0 Å². The number of pyridine rings is 2. The van der Waals surface area contributed by atoms with Gasteiger partial charge in [0.25, 0.3) is 0 Å². The Morgan fingerprint density at radius 1 is 1.33 bits per heavy atom. The minimum atomic E-state index is -0.847. The summed E-state index contributed by atoms with van der Waals surface area (Å²) in [6, 6.07) is 7.31. The lowest BCUT2D eigenvalue weighted by atomic mass is 10.4. The molecule has 2 rings (SSSR count). The zero-order chi connectivity index (χ0) is 12.8. The number of aromatic nitrogens is 2. The van der Waals surface area contributed by atoms with Gasteiger partial charge in [-0.05, 0) is 18.2 Å². The van der Waals surface area contributed by atoms with Crippen LogP contribution in [0.3, 0.4) is 0 Å². The van der Waals surface area contributed by atoms with E-state index in [1.807, 2.05) is 18.2 Å². The van der Waals surface area contributed by atoms with E-state index in [4.69, 9.17) is 5.11 Å². The SMILES string of the molecule is O=C(O)CSc1ccncc1Nc1ccccn1. The van der Waals surface area contributed by atoms with E-state index in [1.165, 1.54) is 11.8 Å². The van der Waals surface area contributed by atoms with Crippen molar-refractivity contribution in [1.29, 1.82) is 0 Å². The molecule has 0 amide bonds. The number of carbonyl (C=O) groups is 1. The number of nitrogens with one attached hydrogen (secondary N) is 1. The van der Waals surface area contributed by atoms with Crippen LogP contribution in [-0.2, 0) is 4.79 Å². The summed E-state index contributed by atoms with van der Waals surface area (Å²) in [6.07, 6.45) is 4.97. The van der Waals surface area contributed by atoms with E-state index in [-0.39, 0.29) is 5.75 Å². The molecule has 2 heterocycles. The second-order valence-electron chi connectivity index (χ2n) is 3.39. The number of thioether (sulfide) groups is 1. The lowest BCUT2D eigenvalue weighted by Crippen LogP contribution is -2.00. The highest BCUT2D eigenvalue weighted by Gasteiger charge is 2.06. The maximum atomic E-state index is 10.6. The van der Waals surface area contributed by atoms with Gasteiger partial charge in [-0.15, -0.1) is 11.8 Å². The van der Waals surface area contributed by atoms with Gasteiger partial charge in [-0.25, -0.2) is 4.98 Å². The molecule has 0 bridgehead atoms. The van der Waals surface area contributed by atoms with Gasteiger partial charge < -0.3 is 10.4 Å². The molecular weight excluding hydrogens is 250 g/mol. The minimum Gasteiger partial charge on any atom is -0.481 e. The van der Waals surface area contributed by atoms with Crippen LogP contribution >= 0.6 is 11.8 Å². The van der Waals surface area contributed by atoms with Crippen molar-refractivity contribution in [1.82, 2.24) is 9.97 Å². The third-order valence-corrected chi connectivity index (χ3v) is 3.12. The Balaban J connectivity index is 2.14. The lowest BCUT2D eigenvalue weighted by Gasteiger charge is -2.09. The number of carboxylic acids is 1. The molecule has 0 aliphatic carbocycles. The van der Waals surface area contributed by atoms with Crippen LogP contribution in [0.4, 0.5) is 11.5 Å². The predicted molar refractivity (Wildman–Crippen MR) is 70.1 cm³/mol. The Labute approximate surface area is 108 Å². The normalized spacial score (nSPS) is 10.0. The Bertz CT molecular complexity index is 534. The fourth-order valence-corrected chi connectivity index (χ4v) is 2.01. The zero-order valence-corrected chi connectivity index (χ0v) is 10.2. The fraction of sp³-hybridized carbons (Fsp3) is 0.0833. The molecule has 0 fully saturated rings. The van der Waals surface area contributed by atoms with E-state index in [0.717, 1.165) is 10.6 Å². The number of aliphatic carboxylic acids is 1. The van der Waals surface area contributed by atoms with Gasteiger partial charge in [0.15, 0.2) is 0 Å². The lowest BCUT2D eigenvalue weighted by molar-refractivity contribution is -0.133. The van der Waals surface area contributed by atoms with Crippen molar-refractivity contribution in [3.63, 3.8) is 0 Å². The number of hydrogen-bond donors (Lipinski definition) is 2. The molecule has 0 spiro atoms. The molecular formula is C12H11N3O2S. The number of anilines is 2. The van der Waals surface area contributed by atoms with E-state index < -0.39 is 5.97 Å². The maximum Gasteiger partial charge on any atom is 0.313 e. The molecule has 2 aromatic rings. The van der Waals surface area contributed by atoms with Crippen LogP contribution in [0.15, 0.2) is 47.8 Å². The molecule has 0 atom stereocenters. The third kappa shape index (κ3) is 3.46. The van der Waals surface area contributed by atoms with Crippen LogP contribution in [0.5, 0.6) is 0 Å². The standard InChI is InChI=1S/C12H11N3O2S/c16-12(17)8-18-10-4-6-13-7-9(10)15-11-3-1-2-5-14-11/h1-7H,8H2,(H,14,15)(H,16,17). The minimum absolute atomic E-state index is 0.0148. The van der Waals surface area contributed by atoms with Crippen LogP contribution in [-0.4, -0.2) is 26.8 Å². The van der Waals surface area contributed by atoms with Gasteiger partial charge in [-0.2, -0.15) is 0 Å². The molecule has 6 heteroatoms. The third-order valence-electron chi connectivity index (χ3n) is 2.06. The Morgan fingerprint density at radius 3 is 2.94 bits per heavy atom. The second-order valence-corrected chi connectivity index (χ2v) is 4.41. The van der Waals surface area contributed by atoms with Crippen molar-refractivity contribution in [3.05, 3.63) is 42.9 Å². The van der Waals surface area contributed by atoms with Gasteiger partial charge in [-0.1, -0.05) is 6.07 Å².